The predicted molar refractivity (Wildman–Crippen MR) is 67.5 cm³/mol. The number of rotatable bonds is 4. The Hall–Kier alpha value is -1.65. The van der Waals surface area contributed by atoms with Gasteiger partial charge in [0.05, 0.1) is 5.57 Å². The van der Waals surface area contributed by atoms with Gasteiger partial charge in [-0.2, -0.15) is 0 Å². The van der Waals surface area contributed by atoms with E-state index in [1.807, 2.05) is 13.8 Å². The van der Waals surface area contributed by atoms with Crippen molar-refractivity contribution in [2.75, 3.05) is 0 Å². The molecule has 0 aromatic rings. The lowest BCUT2D eigenvalue weighted by Crippen LogP contribution is -2.39. The van der Waals surface area contributed by atoms with Crippen molar-refractivity contribution in [3.63, 3.8) is 0 Å². The normalized spacial score (nSPS) is 25.7. The Morgan fingerprint density at radius 2 is 1.89 bits per heavy atom. The smallest absolute Gasteiger partial charge is 0.333 e. The van der Waals surface area contributed by atoms with Gasteiger partial charge in [-0.05, 0) is 19.8 Å². The zero-order valence-corrected chi connectivity index (χ0v) is 11.1. The number of allylic oxidation sites excluding steroid dienone is 1. The summed E-state index contributed by atoms with van der Waals surface area (Å²) in [4.78, 5) is 26.8. The molecule has 1 heterocycles. The number of carbonyl (C=O) groups is 2. The van der Waals surface area contributed by atoms with Crippen LogP contribution in [0, 0.1) is 17.8 Å². The highest BCUT2D eigenvalue weighted by Crippen LogP contribution is 2.37. The van der Waals surface area contributed by atoms with Crippen molar-refractivity contribution in [2.24, 2.45) is 22.7 Å². The third-order valence-electron chi connectivity index (χ3n) is 3.63. The Kier molecular flexibility index (Phi) is 4.27. The van der Waals surface area contributed by atoms with Crippen LogP contribution >= 0.6 is 0 Å². The van der Waals surface area contributed by atoms with Crippen LogP contribution in [0.2, 0.25) is 0 Å². The Labute approximate surface area is 106 Å². The molecule has 100 valence electrons. The van der Waals surface area contributed by atoms with Crippen LogP contribution in [0.5, 0.6) is 0 Å². The predicted octanol–water partition coefficient (Wildman–Crippen LogP) is 2.18. The van der Waals surface area contributed by atoms with Gasteiger partial charge in [-0.15, -0.1) is 0 Å². The first-order chi connectivity index (χ1) is 8.31. The zero-order valence-electron chi connectivity index (χ0n) is 11.1. The summed E-state index contributed by atoms with van der Waals surface area (Å²) in [6.45, 7) is 7.09. The van der Waals surface area contributed by atoms with E-state index >= 15 is 0 Å². The number of carboxylic acid groups (broad SMARTS) is 2. The summed E-state index contributed by atoms with van der Waals surface area (Å²) in [6.07, 6.45) is 0.728. The molecule has 1 rings (SSSR count). The van der Waals surface area contributed by atoms with Crippen LogP contribution in [-0.2, 0) is 9.59 Å². The minimum Gasteiger partial charge on any atom is -0.481 e. The van der Waals surface area contributed by atoms with E-state index in [1.54, 1.807) is 13.8 Å². The SMILES string of the molecule is CCC(C)C1C(C(=O)O)=C(C)N=C(C)C1C(=O)O. The van der Waals surface area contributed by atoms with E-state index in [0.717, 1.165) is 6.42 Å². The summed E-state index contributed by atoms with van der Waals surface area (Å²) in [6, 6.07) is 0. The molecule has 5 nitrogen and oxygen atoms in total. The summed E-state index contributed by atoms with van der Waals surface area (Å²) in [5.41, 5.74) is 1.04. The molecule has 0 fully saturated rings. The highest BCUT2D eigenvalue weighted by molar-refractivity contribution is 6.04. The molecular formula is C13H19NO4. The molecule has 3 unspecified atom stereocenters. The maximum absolute atomic E-state index is 11.4. The van der Waals surface area contributed by atoms with Crippen molar-refractivity contribution in [1.82, 2.24) is 0 Å². The minimum absolute atomic E-state index is 0.0161. The van der Waals surface area contributed by atoms with Crippen molar-refractivity contribution in [1.29, 1.82) is 0 Å². The largest absolute Gasteiger partial charge is 0.481 e. The Morgan fingerprint density at radius 3 is 2.28 bits per heavy atom. The number of hydrogen-bond acceptors (Lipinski definition) is 3. The van der Waals surface area contributed by atoms with Gasteiger partial charge < -0.3 is 10.2 Å². The summed E-state index contributed by atoms with van der Waals surface area (Å²) >= 11 is 0. The molecular weight excluding hydrogens is 234 g/mol. The first kappa shape index (κ1) is 14.4. The number of carboxylic acids is 2. The van der Waals surface area contributed by atoms with Gasteiger partial charge in [-0.25, -0.2) is 4.79 Å². The molecule has 0 radical (unpaired) electrons. The molecule has 0 saturated carbocycles. The average Bonchev–Trinajstić information content (AvgIpc) is 2.25. The van der Waals surface area contributed by atoms with Gasteiger partial charge in [0.25, 0.3) is 0 Å². The molecule has 1 aliphatic rings. The Morgan fingerprint density at radius 1 is 1.33 bits per heavy atom. The molecule has 0 saturated heterocycles. The first-order valence-corrected chi connectivity index (χ1v) is 6.03. The molecule has 0 aliphatic carbocycles. The molecule has 0 amide bonds. The lowest BCUT2D eigenvalue weighted by molar-refractivity contribution is -0.141. The van der Waals surface area contributed by atoms with Crippen LogP contribution in [0.15, 0.2) is 16.3 Å². The molecule has 0 spiro atoms. The maximum Gasteiger partial charge on any atom is 0.333 e. The molecule has 18 heavy (non-hydrogen) atoms. The average molecular weight is 253 g/mol. The van der Waals surface area contributed by atoms with E-state index in [1.165, 1.54) is 0 Å². The highest BCUT2D eigenvalue weighted by Gasteiger charge is 2.42. The fraction of sp³-hybridized carbons (Fsp3) is 0.615. The molecule has 3 atom stereocenters. The number of aliphatic carboxylic acids is 2. The number of nitrogens with zero attached hydrogens (tertiary/aromatic N) is 1. The molecule has 0 bridgehead atoms. The van der Waals surface area contributed by atoms with Crippen molar-refractivity contribution in [3.8, 4) is 0 Å². The zero-order chi connectivity index (χ0) is 14.0. The van der Waals surface area contributed by atoms with Crippen LogP contribution in [0.4, 0.5) is 0 Å². The van der Waals surface area contributed by atoms with Gasteiger partial charge in [-0.3, -0.25) is 9.79 Å². The fourth-order valence-corrected chi connectivity index (χ4v) is 2.56. The van der Waals surface area contributed by atoms with Gasteiger partial charge in [0.15, 0.2) is 0 Å². The second kappa shape index (κ2) is 5.33. The van der Waals surface area contributed by atoms with Crippen molar-refractivity contribution < 1.29 is 19.8 Å². The topological polar surface area (TPSA) is 87.0 Å². The van der Waals surface area contributed by atoms with Gasteiger partial charge in [-0.1, -0.05) is 20.3 Å². The van der Waals surface area contributed by atoms with Crippen LogP contribution in [0.25, 0.3) is 0 Å². The van der Waals surface area contributed by atoms with Crippen LogP contribution < -0.4 is 0 Å². The summed E-state index contributed by atoms with van der Waals surface area (Å²) in [7, 11) is 0. The third-order valence-corrected chi connectivity index (χ3v) is 3.63. The van der Waals surface area contributed by atoms with Gasteiger partial charge in [0.1, 0.15) is 5.92 Å². The summed E-state index contributed by atoms with van der Waals surface area (Å²) < 4.78 is 0. The lowest BCUT2D eigenvalue weighted by atomic mass is 9.72. The number of hydrogen-bond donors (Lipinski definition) is 2. The molecule has 1 aliphatic heterocycles. The van der Waals surface area contributed by atoms with E-state index in [2.05, 4.69) is 4.99 Å². The second-order valence-electron chi connectivity index (χ2n) is 4.78. The minimum atomic E-state index is -1.07. The van der Waals surface area contributed by atoms with E-state index < -0.39 is 23.8 Å². The quantitative estimate of drug-likeness (QED) is 0.803. The van der Waals surface area contributed by atoms with Gasteiger partial charge in [0, 0.05) is 17.3 Å². The van der Waals surface area contributed by atoms with Gasteiger partial charge >= 0.3 is 11.9 Å². The van der Waals surface area contributed by atoms with Crippen molar-refractivity contribution in [2.45, 2.75) is 34.1 Å². The van der Waals surface area contributed by atoms with Gasteiger partial charge in [0.2, 0.25) is 0 Å². The van der Waals surface area contributed by atoms with Crippen LogP contribution in [-0.4, -0.2) is 27.9 Å². The molecule has 0 aromatic carbocycles. The molecule has 5 heteroatoms. The standard InChI is InChI=1S/C13H19NO4/c1-5-6(2)9-10(12(15)16)7(3)14-8(4)11(9)13(17)18/h6,9-10H,5H2,1-4H3,(H,15,16)(H,17,18). The van der Waals surface area contributed by atoms with Crippen LogP contribution in [0.3, 0.4) is 0 Å². The van der Waals surface area contributed by atoms with Crippen molar-refractivity contribution in [3.05, 3.63) is 11.3 Å². The highest BCUT2D eigenvalue weighted by atomic mass is 16.4. The van der Waals surface area contributed by atoms with Crippen LogP contribution in [0.1, 0.15) is 34.1 Å². The summed E-state index contributed by atoms with van der Waals surface area (Å²) in [5.74, 6) is -3.44. The van der Waals surface area contributed by atoms with Crippen molar-refractivity contribution >= 4 is 17.7 Å². The Balaban J connectivity index is 3.38. The van der Waals surface area contributed by atoms with E-state index in [0.29, 0.717) is 11.4 Å². The lowest BCUT2D eigenvalue weighted by Gasteiger charge is -2.33. The number of aliphatic imine (C=N–C) groups is 1. The van der Waals surface area contributed by atoms with E-state index in [4.69, 9.17) is 0 Å². The Bertz CT molecular complexity index is 436. The summed E-state index contributed by atoms with van der Waals surface area (Å²) in [5, 5.41) is 18.6. The monoisotopic (exact) mass is 253 g/mol. The molecule has 2 N–H and O–H groups in total. The van der Waals surface area contributed by atoms with E-state index in [9.17, 15) is 19.8 Å². The fourth-order valence-electron chi connectivity index (χ4n) is 2.56. The maximum atomic E-state index is 11.4. The molecule has 0 aromatic heterocycles. The third kappa shape index (κ3) is 2.44. The van der Waals surface area contributed by atoms with E-state index in [-0.39, 0.29) is 11.5 Å². The first-order valence-electron chi connectivity index (χ1n) is 6.03. The second-order valence-corrected chi connectivity index (χ2v) is 4.78.